The quantitative estimate of drug-likeness (QED) is 0.716. The van der Waals surface area contributed by atoms with Crippen molar-refractivity contribution in [3.05, 3.63) is 59.2 Å². The summed E-state index contributed by atoms with van der Waals surface area (Å²) in [5, 5.41) is 0. The molecule has 29 heavy (non-hydrogen) atoms. The van der Waals surface area contributed by atoms with Gasteiger partial charge in [0.25, 0.3) is 10.0 Å². The molecule has 0 aliphatic carbocycles. The Kier molecular flexibility index (Phi) is 7.77. The van der Waals surface area contributed by atoms with E-state index in [4.69, 9.17) is 0 Å². The first-order chi connectivity index (χ1) is 13.2. The second kappa shape index (κ2) is 9.50. The first-order valence-corrected chi connectivity index (χ1v) is 11.6. The summed E-state index contributed by atoms with van der Waals surface area (Å²) in [6.07, 6.45) is 3.15. The third-order valence-corrected chi connectivity index (χ3v) is 6.82. The molecular formula is C23H33ClN2O2S. The van der Waals surface area contributed by atoms with Gasteiger partial charge in [0.1, 0.15) is 0 Å². The Morgan fingerprint density at radius 2 is 1.59 bits per heavy atom. The van der Waals surface area contributed by atoms with E-state index in [0.717, 1.165) is 44.5 Å². The topological polar surface area (TPSA) is 49.4 Å². The van der Waals surface area contributed by atoms with E-state index in [2.05, 4.69) is 43.4 Å². The molecule has 0 unspecified atom stereocenters. The molecular weight excluding hydrogens is 404 g/mol. The molecule has 0 saturated heterocycles. The van der Waals surface area contributed by atoms with Crippen LogP contribution in [0.25, 0.3) is 0 Å². The molecule has 4 nitrogen and oxygen atoms in total. The second-order valence-electron chi connectivity index (χ2n) is 8.71. The summed E-state index contributed by atoms with van der Waals surface area (Å²) in [5.74, 6) is 0. The van der Waals surface area contributed by atoms with Gasteiger partial charge in [0.15, 0.2) is 0 Å². The highest BCUT2D eigenvalue weighted by atomic mass is 35.5. The van der Waals surface area contributed by atoms with Crippen molar-refractivity contribution in [1.82, 2.24) is 4.90 Å². The van der Waals surface area contributed by atoms with Gasteiger partial charge in [-0.05, 0) is 72.2 Å². The van der Waals surface area contributed by atoms with Crippen LogP contribution in [0, 0.1) is 0 Å². The molecule has 6 heteroatoms. The van der Waals surface area contributed by atoms with Crippen molar-refractivity contribution < 1.29 is 8.42 Å². The Labute approximate surface area is 182 Å². The molecule has 1 N–H and O–H groups in total. The molecule has 0 radical (unpaired) electrons. The summed E-state index contributed by atoms with van der Waals surface area (Å²) < 4.78 is 28.4. The van der Waals surface area contributed by atoms with Gasteiger partial charge < -0.3 is 4.90 Å². The van der Waals surface area contributed by atoms with Crippen molar-refractivity contribution >= 4 is 28.1 Å². The van der Waals surface area contributed by atoms with E-state index in [1.54, 1.807) is 12.1 Å². The number of nitrogens with one attached hydrogen (secondary N) is 1. The van der Waals surface area contributed by atoms with Crippen molar-refractivity contribution in [2.45, 2.75) is 57.3 Å². The molecule has 0 atom stereocenters. The lowest BCUT2D eigenvalue weighted by Gasteiger charge is -2.19. The molecule has 0 bridgehead atoms. The average Bonchev–Trinajstić information content (AvgIpc) is 2.83. The number of nitrogens with zero attached hydrogens (tertiary/aromatic N) is 1. The molecule has 1 aliphatic rings. The number of hydrogen-bond acceptors (Lipinski definition) is 3. The van der Waals surface area contributed by atoms with Crippen LogP contribution < -0.4 is 4.72 Å². The highest BCUT2D eigenvalue weighted by molar-refractivity contribution is 7.92. The number of benzene rings is 2. The van der Waals surface area contributed by atoms with Gasteiger partial charge in [-0.1, -0.05) is 45.9 Å². The summed E-state index contributed by atoms with van der Waals surface area (Å²) >= 11 is 0. The molecule has 2 aromatic carbocycles. The summed E-state index contributed by atoms with van der Waals surface area (Å²) in [5.41, 5.74) is 4.34. The van der Waals surface area contributed by atoms with Gasteiger partial charge in [-0.3, -0.25) is 4.72 Å². The Morgan fingerprint density at radius 1 is 0.966 bits per heavy atom. The predicted octanol–water partition coefficient (Wildman–Crippen LogP) is 5.02. The molecule has 1 heterocycles. The maximum absolute atomic E-state index is 12.8. The molecule has 0 spiro atoms. The molecule has 3 rings (SSSR count). The smallest absolute Gasteiger partial charge is 0.261 e. The van der Waals surface area contributed by atoms with Crippen molar-refractivity contribution in [3.63, 3.8) is 0 Å². The standard InChI is InChI=1S/C23H32N2O2S.ClH/c1-5-14-25-15-12-18-6-9-21(17-19(18)13-16-25)24-28(26,27)22-10-7-20(8-11-22)23(2,3)4;/h6-11,17,24H,5,12-16H2,1-4H3;1H. The zero-order valence-electron chi connectivity index (χ0n) is 17.9. The fourth-order valence-electron chi connectivity index (χ4n) is 3.72. The van der Waals surface area contributed by atoms with E-state index >= 15 is 0 Å². The highest BCUT2D eigenvalue weighted by Crippen LogP contribution is 2.26. The van der Waals surface area contributed by atoms with Crippen molar-refractivity contribution in [1.29, 1.82) is 0 Å². The van der Waals surface area contributed by atoms with Crippen molar-refractivity contribution in [2.24, 2.45) is 0 Å². The van der Waals surface area contributed by atoms with E-state index in [9.17, 15) is 8.42 Å². The van der Waals surface area contributed by atoms with E-state index in [-0.39, 0.29) is 17.8 Å². The normalized spacial score (nSPS) is 15.2. The summed E-state index contributed by atoms with van der Waals surface area (Å²) in [4.78, 5) is 2.78. The van der Waals surface area contributed by atoms with Gasteiger partial charge >= 0.3 is 0 Å². The Balaban J connectivity index is 0.00000300. The largest absolute Gasteiger partial charge is 0.303 e. The third kappa shape index (κ3) is 5.97. The number of halogens is 1. The fourth-order valence-corrected chi connectivity index (χ4v) is 4.77. The summed E-state index contributed by atoms with van der Waals surface area (Å²) in [6.45, 7) is 11.8. The van der Waals surface area contributed by atoms with Crippen LogP contribution >= 0.6 is 12.4 Å². The fraction of sp³-hybridized carbons (Fsp3) is 0.478. The van der Waals surface area contributed by atoms with Crippen LogP contribution in [0.4, 0.5) is 5.69 Å². The molecule has 0 saturated carbocycles. The van der Waals surface area contributed by atoms with Crippen LogP contribution in [0.15, 0.2) is 47.4 Å². The van der Waals surface area contributed by atoms with Gasteiger partial charge in [-0.2, -0.15) is 0 Å². The van der Waals surface area contributed by atoms with Crippen LogP contribution in [0.3, 0.4) is 0 Å². The second-order valence-corrected chi connectivity index (χ2v) is 10.4. The van der Waals surface area contributed by atoms with Crippen molar-refractivity contribution in [2.75, 3.05) is 24.4 Å². The third-order valence-electron chi connectivity index (χ3n) is 5.42. The maximum atomic E-state index is 12.8. The molecule has 160 valence electrons. The predicted molar refractivity (Wildman–Crippen MR) is 124 cm³/mol. The Bertz CT molecular complexity index is 919. The van der Waals surface area contributed by atoms with Crippen LogP contribution in [-0.4, -0.2) is 33.0 Å². The SMILES string of the molecule is CCCN1CCc2ccc(NS(=O)(=O)c3ccc(C(C)(C)C)cc3)cc2CC1.Cl. The number of hydrogen-bond donors (Lipinski definition) is 1. The van der Waals surface area contributed by atoms with E-state index in [1.165, 1.54) is 11.1 Å². The van der Waals surface area contributed by atoms with Gasteiger partial charge in [0.05, 0.1) is 4.90 Å². The van der Waals surface area contributed by atoms with Crippen LogP contribution in [0.1, 0.15) is 50.8 Å². The minimum atomic E-state index is -3.59. The molecule has 2 aromatic rings. The zero-order chi connectivity index (χ0) is 20.4. The van der Waals surface area contributed by atoms with Gasteiger partial charge in [0.2, 0.25) is 0 Å². The number of fused-ring (bicyclic) bond motifs is 1. The van der Waals surface area contributed by atoms with E-state index in [0.29, 0.717) is 10.6 Å². The lowest BCUT2D eigenvalue weighted by molar-refractivity contribution is 0.288. The zero-order valence-corrected chi connectivity index (χ0v) is 19.5. The van der Waals surface area contributed by atoms with Crippen LogP contribution in [-0.2, 0) is 28.3 Å². The highest BCUT2D eigenvalue weighted by Gasteiger charge is 2.19. The van der Waals surface area contributed by atoms with Crippen LogP contribution in [0.5, 0.6) is 0 Å². The first-order valence-electron chi connectivity index (χ1n) is 10.2. The van der Waals surface area contributed by atoms with Gasteiger partial charge in [-0.15, -0.1) is 12.4 Å². The lowest BCUT2D eigenvalue weighted by Crippen LogP contribution is -2.27. The summed E-state index contributed by atoms with van der Waals surface area (Å²) in [6, 6.07) is 13.1. The average molecular weight is 437 g/mol. The monoisotopic (exact) mass is 436 g/mol. The number of anilines is 1. The van der Waals surface area contributed by atoms with Gasteiger partial charge in [0, 0.05) is 18.8 Å². The molecule has 0 aromatic heterocycles. The maximum Gasteiger partial charge on any atom is 0.261 e. The minimum absolute atomic E-state index is 0. The Morgan fingerprint density at radius 3 is 2.17 bits per heavy atom. The molecule has 1 aliphatic heterocycles. The van der Waals surface area contributed by atoms with Crippen molar-refractivity contribution in [3.8, 4) is 0 Å². The Hall–Kier alpha value is -1.56. The van der Waals surface area contributed by atoms with Crippen LogP contribution in [0.2, 0.25) is 0 Å². The van der Waals surface area contributed by atoms with E-state index < -0.39 is 10.0 Å². The molecule has 0 fully saturated rings. The number of sulfonamides is 1. The number of rotatable bonds is 5. The molecule has 0 amide bonds. The van der Waals surface area contributed by atoms with E-state index in [1.807, 2.05) is 24.3 Å². The minimum Gasteiger partial charge on any atom is -0.303 e. The lowest BCUT2D eigenvalue weighted by atomic mass is 9.87. The summed E-state index contributed by atoms with van der Waals surface area (Å²) in [7, 11) is -3.59. The first kappa shape index (κ1) is 23.7. The van der Waals surface area contributed by atoms with Gasteiger partial charge in [-0.25, -0.2) is 8.42 Å².